The highest BCUT2D eigenvalue weighted by Crippen LogP contribution is 2.30. The summed E-state index contributed by atoms with van der Waals surface area (Å²) in [5, 5.41) is 21.7. The third kappa shape index (κ3) is 4.03. The second-order valence-corrected chi connectivity index (χ2v) is 8.20. The molecule has 2 aromatic carbocycles. The SMILES string of the molecule is Cc1c(C#N)c(NC(=O)CSc2nnc(C)n2-c2ccccc2)n(-c2ccccc2)c1C. The molecule has 1 N–H and O–H groups in total. The van der Waals surface area contributed by atoms with Crippen molar-refractivity contribution in [2.75, 3.05) is 11.1 Å². The Balaban J connectivity index is 1.58. The first-order valence-corrected chi connectivity index (χ1v) is 11.1. The predicted octanol–water partition coefficient (Wildman–Crippen LogP) is 4.59. The van der Waals surface area contributed by atoms with E-state index in [9.17, 15) is 10.1 Å². The number of nitriles is 1. The van der Waals surface area contributed by atoms with Crippen LogP contribution in [0.4, 0.5) is 5.82 Å². The standard InChI is InChI=1S/C24H22N6OS/c1-16-17(2)29(19-10-6-4-7-11-19)23(21(16)14-25)26-22(31)15-32-24-28-27-18(3)30(24)20-12-8-5-9-13-20/h4-13H,15H2,1-3H3,(H,26,31). The zero-order valence-corrected chi connectivity index (χ0v) is 18.8. The lowest BCUT2D eigenvalue weighted by molar-refractivity contribution is -0.113. The Morgan fingerprint density at radius 2 is 1.56 bits per heavy atom. The van der Waals surface area contributed by atoms with Crippen LogP contribution in [0.1, 0.15) is 22.6 Å². The van der Waals surface area contributed by atoms with Gasteiger partial charge in [-0.2, -0.15) is 5.26 Å². The van der Waals surface area contributed by atoms with Crippen molar-refractivity contribution in [1.29, 1.82) is 5.26 Å². The molecule has 0 fully saturated rings. The predicted molar refractivity (Wildman–Crippen MR) is 125 cm³/mol. The van der Waals surface area contributed by atoms with E-state index in [1.165, 1.54) is 11.8 Å². The first-order valence-electron chi connectivity index (χ1n) is 10.1. The lowest BCUT2D eigenvalue weighted by Crippen LogP contribution is -2.18. The molecule has 0 radical (unpaired) electrons. The molecule has 1 amide bonds. The molecule has 0 aliphatic heterocycles. The second-order valence-electron chi connectivity index (χ2n) is 7.25. The Morgan fingerprint density at radius 3 is 2.16 bits per heavy atom. The van der Waals surface area contributed by atoms with Gasteiger partial charge < -0.3 is 5.32 Å². The summed E-state index contributed by atoms with van der Waals surface area (Å²) in [6.07, 6.45) is 0. The van der Waals surface area contributed by atoms with Gasteiger partial charge >= 0.3 is 0 Å². The lowest BCUT2D eigenvalue weighted by atomic mass is 10.2. The molecule has 4 rings (SSSR count). The first kappa shape index (κ1) is 21.4. The molecule has 4 aromatic rings. The Labute approximate surface area is 190 Å². The van der Waals surface area contributed by atoms with Gasteiger partial charge in [0.2, 0.25) is 5.91 Å². The van der Waals surface area contributed by atoms with Gasteiger partial charge in [-0.05, 0) is 50.6 Å². The minimum absolute atomic E-state index is 0.133. The second kappa shape index (κ2) is 9.12. The number of rotatable bonds is 6. The summed E-state index contributed by atoms with van der Waals surface area (Å²) in [5.41, 5.74) is 4.05. The van der Waals surface area contributed by atoms with Gasteiger partial charge in [0.25, 0.3) is 0 Å². The van der Waals surface area contributed by atoms with Crippen LogP contribution < -0.4 is 5.32 Å². The smallest absolute Gasteiger partial charge is 0.236 e. The van der Waals surface area contributed by atoms with Crippen LogP contribution in [0.15, 0.2) is 65.8 Å². The number of anilines is 1. The van der Waals surface area contributed by atoms with Crippen LogP contribution in [0.5, 0.6) is 0 Å². The summed E-state index contributed by atoms with van der Waals surface area (Å²) in [6.45, 7) is 5.71. The molecule has 2 aromatic heterocycles. The zero-order chi connectivity index (χ0) is 22.7. The molecule has 160 valence electrons. The fourth-order valence-electron chi connectivity index (χ4n) is 3.57. The molecule has 0 aliphatic carbocycles. The number of carbonyl (C=O) groups excluding carboxylic acids is 1. The van der Waals surface area contributed by atoms with Gasteiger partial charge in [0.1, 0.15) is 17.7 Å². The maximum atomic E-state index is 12.9. The molecule has 7 nitrogen and oxygen atoms in total. The molecule has 0 saturated heterocycles. The third-order valence-corrected chi connectivity index (χ3v) is 6.17. The van der Waals surface area contributed by atoms with Gasteiger partial charge in [0.15, 0.2) is 5.16 Å². The molecular weight excluding hydrogens is 420 g/mol. The van der Waals surface area contributed by atoms with E-state index in [0.29, 0.717) is 16.5 Å². The van der Waals surface area contributed by atoms with Crippen molar-refractivity contribution in [3.63, 3.8) is 0 Å². The van der Waals surface area contributed by atoms with Crippen LogP contribution in [-0.4, -0.2) is 31.0 Å². The van der Waals surface area contributed by atoms with Crippen molar-refractivity contribution in [2.24, 2.45) is 0 Å². The van der Waals surface area contributed by atoms with Gasteiger partial charge in [-0.15, -0.1) is 10.2 Å². The van der Waals surface area contributed by atoms with Gasteiger partial charge in [-0.3, -0.25) is 13.9 Å². The highest BCUT2D eigenvalue weighted by molar-refractivity contribution is 7.99. The number of hydrogen-bond acceptors (Lipinski definition) is 5. The van der Waals surface area contributed by atoms with Gasteiger partial charge in [-0.25, -0.2) is 0 Å². The molecule has 8 heteroatoms. The fraction of sp³-hybridized carbons (Fsp3) is 0.167. The molecule has 0 spiro atoms. The summed E-state index contributed by atoms with van der Waals surface area (Å²) >= 11 is 1.30. The lowest BCUT2D eigenvalue weighted by Gasteiger charge is -2.13. The molecule has 32 heavy (non-hydrogen) atoms. The molecule has 0 unspecified atom stereocenters. The number of benzene rings is 2. The van der Waals surface area contributed by atoms with Crippen LogP contribution in [0.25, 0.3) is 11.4 Å². The van der Waals surface area contributed by atoms with Crippen molar-refractivity contribution < 1.29 is 4.79 Å². The van der Waals surface area contributed by atoms with Crippen LogP contribution >= 0.6 is 11.8 Å². The quantitative estimate of drug-likeness (QED) is 0.441. The van der Waals surface area contributed by atoms with Crippen LogP contribution in [0.2, 0.25) is 0 Å². The van der Waals surface area contributed by atoms with Crippen LogP contribution in [0, 0.1) is 32.1 Å². The number of aryl methyl sites for hydroxylation is 1. The van der Waals surface area contributed by atoms with E-state index in [1.807, 2.05) is 90.6 Å². The number of carbonyl (C=O) groups is 1. The Hall–Kier alpha value is -3.83. The number of aromatic nitrogens is 4. The van der Waals surface area contributed by atoms with Crippen LogP contribution in [0.3, 0.4) is 0 Å². The van der Waals surface area contributed by atoms with E-state index in [1.54, 1.807) is 0 Å². The number of hydrogen-bond donors (Lipinski definition) is 1. The average Bonchev–Trinajstić information content (AvgIpc) is 3.29. The van der Waals surface area contributed by atoms with Crippen molar-refractivity contribution >= 4 is 23.5 Å². The minimum atomic E-state index is -0.221. The Bertz CT molecular complexity index is 1300. The Morgan fingerprint density at radius 1 is 0.969 bits per heavy atom. The summed E-state index contributed by atoms with van der Waals surface area (Å²) in [5.74, 6) is 1.14. The molecule has 0 atom stereocenters. The Kier molecular flexibility index (Phi) is 6.10. The summed E-state index contributed by atoms with van der Waals surface area (Å²) in [7, 11) is 0. The van der Waals surface area contributed by atoms with Crippen LogP contribution in [-0.2, 0) is 4.79 Å². The molecular formula is C24H22N6OS. The first-order chi connectivity index (χ1) is 15.5. The highest BCUT2D eigenvalue weighted by Gasteiger charge is 2.21. The van der Waals surface area contributed by atoms with Crippen molar-refractivity contribution in [3.05, 3.63) is 83.3 Å². The number of nitrogens with one attached hydrogen (secondary N) is 1. The van der Waals surface area contributed by atoms with Gasteiger partial charge in [-0.1, -0.05) is 48.2 Å². The van der Waals surface area contributed by atoms with E-state index >= 15 is 0 Å². The van der Waals surface area contributed by atoms with E-state index in [-0.39, 0.29) is 11.7 Å². The molecule has 0 aliphatic rings. The number of thioether (sulfide) groups is 1. The van der Waals surface area contributed by atoms with E-state index in [2.05, 4.69) is 21.6 Å². The fourth-order valence-corrected chi connectivity index (χ4v) is 4.37. The third-order valence-electron chi connectivity index (χ3n) is 5.24. The van der Waals surface area contributed by atoms with E-state index in [4.69, 9.17) is 0 Å². The average molecular weight is 443 g/mol. The molecule has 0 bridgehead atoms. The normalized spacial score (nSPS) is 10.7. The van der Waals surface area contributed by atoms with Gasteiger partial charge in [0, 0.05) is 17.1 Å². The maximum Gasteiger partial charge on any atom is 0.236 e. The molecule has 2 heterocycles. The minimum Gasteiger partial charge on any atom is -0.310 e. The number of para-hydroxylation sites is 2. The van der Waals surface area contributed by atoms with E-state index in [0.717, 1.165) is 28.5 Å². The highest BCUT2D eigenvalue weighted by atomic mass is 32.2. The van der Waals surface area contributed by atoms with Gasteiger partial charge in [0.05, 0.1) is 11.3 Å². The largest absolute Gasteiger partial charge is 0.310 e. The summed E-state index contributed by atoms with van der Waals surface area (Å²) in [4.78, 5) is 12.9. The molecule has 0 saturated carbocycles. The maximum absolute atomic E-state index is 12.9. The number of nitrogens with zero attached hydrogens (tertiary/aromatic N) is 5. The monoisotopic (exact) mass is 442 g/mol. The zero-order valence-electron chi connectivity index (χ0n) is 18.0. The van der Waals surface area contributed by atoms with E-state index < -0.39 is 0 Å². The van der Waals surface area contributed by atoms with Crippen molar-refractivity contribution in [1.82, 2.24) is 19.3 Å². The van der Waals surface area contributed by atoms with Crippen molar-refractivity contribution in [3.8, 4) is 17.4 Å². The number of amides is 1. The van der Waals surface area contributed by atoms with Crippen molar-refractivity contribution in [2.45, 2.75) is 25.9 Å². The summed E-state index contributed by atoms with van der Waals surface area (Å²) < 4.78 is 3.83. The topological polar surface area (TPSA) is 88.5 Å². The summed E-state index contributed by atoms with van der Waals surface area (Å²) in [6, 6.07) is 21.7.